The van der Waals surface area contributed by atoms with Crippen LogP contribution in [0.15, 0.2) is 24.4 Å². The quantitative estimate of drug-likeness (QED) is 0.763. The Morgan fingerprint density at radius 2 is 1.95 bits per heavy atom. The van der Waals surface area contributed by atoms with Crippen LogP contribution >= 0.6 is 0 Å². The number of ether oxygens (including phenoxy) is 2. The maximum Gasteiger partial charge on any atom is 0.229 e. The molecule has 0 amide bonds. The Morgan fingerprint density at radius 1 is 1.16 bits per heavy atom. The largest absolute Gasteiger partial charge is 0.493 e. The van der Waals surface area contributed by atoms with Gasteiger partial charge in [-0.2, -0.15) is 4.98 Å². The first kappa shape index (κ1) is 12.7. The van der Waals surface area contributed by atoms with Crippen LogP contribution in [0.3, 0.4) is 0 Å². The van der Waals surface area contributed by atoms with Crippen molar-refractivity contribution in [2.24, 2.45) is 0 Å². The van der Waals surface area contributed by atoms with Gasteiger partial charge in [0.15, 0.2) is 17.3 Å². The van der Waals surface area contributed by atoms with Crippen molar-refractivity contribution in [1.82, 2.24) is 9.97 Å². The molecule has 0 atom stereocenters. The summed E-state index contributed by atoms with van der Waals surface area (Å²) in [7, 11) is 3.13. The highest BCUT2D eigenvalue weighted by molar-refractivity contribution is 5.69. The van der Waals surface area contributed by atoms with E-state index >= 15 is 0 Å². The number of nitrogens with two attached hydrogens (primary N) is 2. The molecule has 0 radical (unpaired) electrons. The molecule has 7 nitrogen and oxygen atoms in total. The minimum atomic E-state index is 0.222. The molecule has 0 spiro atoms. The topological polar surface area (TPSA) is 108 Å². The Bertz CT molecular complexity index is 588. The van der Waals surface area contributed by atoms with Gasteiger partial charge in [0, 0.05) is 0 Å². The highest BCUT2D eigenvalue weighted by Gasteiger charge is 2.11. The Labute approximate surface area is 110 Å². The lowest BCUT2D eigenvalue weighted by Crippen LogP contribution is -2.04. The van der Waals surface area contributed by atoms with Gasteiger partial charge in [-0.15, -0.1) is 0 Å². The predicted octanol–water partition coefficient (Wildman–Crippen LogP) is 1.40. The van der Waals surface area contributed by atoms with E-state index in [9.17, 15) is 0 Å². The van der Waals surface area contributed by atoms with Crippen molar-refractivity contribution in [3.05, 3.63) is 24.4 Å². The zero-order valence-electron chi connectivity index (χ0n) is 10.7. The molecule has 2 rings (SSSR count). The molecule has 2 aromatic rings. The number of rotatable bonds is 4. The van der Waals surface area contributed by atoms with Crippen LogP contribution in [0.25, 0.3) is 0 Å². The molecular weight excluding hydrogens is 246 g/mol. The Morgan fingerprint density at radius 3 is 2.58 bits per heavy atom. The van der Waals surface area contributed by atoms with Gasteiger partial charge < -0.3 is 26.3 Å². The van der Waals surface area contributed by atoms with E-state index in [-0.39, 0.29) is 5.82 Å². The highest BCUT2D eigenvalue weighted by Crippen LogP contribution is 2.35. The monoisotopic (exact) mass is 261 g/mol. The summed E-state index contributed by atoms with van der Waals surface area (Å²) in [6, 6.07) is 5.43. The number of methoxy groups -OCH3 is 2. The predicted molar refractivity (Wildman–Crippen MR) is 73.7 cm³/mol. The third-order valence-electron chi connectivity index (χ3n) is 2.50. The van der Waals surface area contributed by atoms with Gasteiger partial charge in [0.2, 0.25) is 5.95 Å². The Kier molecular flexibility index (Phi) is 3.56. The fourth-order valence-corrected chi connectivity index (χ4v) is 1.57. The number of hydrogen-bond donors (Lipinski definition) is 3. The molecule has 100 valence electrons. The second-order valence-electron chi connectivity index (χ2n) is 3.70. The zero-order chi connectivity index (χ0) is 13.8. The number of aromatic nitrogens is 2. The van der Waals surface area contributed by atoms with Crippen molar-refractivity contribution < 1.29 is 9.47 Å². The average Bonchev–Trinajstić information content (AvgIpc) is 2.42. The van der Waals surface area contributed by atoms with Crippen LogP contribution in [0.4, 0.5) is 23.1 Å². The van der Waals surface area contributed by atoms with E-state index in [2.05, 4.69) is 15.3 Å². The average molecular weight is 261 g/mol. The van der Waals surface area contributed by atoms with Crippen LogP contribution in [0.2, 0.25) is 0 Å². The lowest BCUT2D eigenvalue weighted by atomic mass is 10.2. The van der Waals surface area contributed by atoms with Crippen LogP contribution in [-0.4, -0.2) is 24.2 Å². The van der Waals surface area contributed by atoms with Crippen LogP contribution in [0, 0.1) is 0 Å². The second-order valence-corrected chi connectivity index (χ2v) is 3.70. The van der Waals surface area contributed by atoms with Gasteiger partial charge in [0.05, 0.1) is 31.8 Å². The summed E-state index contributed by atoms with van der Waals surface area (Å²) in [5, 5.41) is 3.00. The highest BCUT2D eigenvalue weighted by atomic mass is 16.5. The van der Waals surface area contributed by atoms with E-state index in [0.717, 1.165) is 0 Å². The maximum atomic E-state index is 5.63. The first-order valence-corrected chi connectivity index (χ1v) is 5.51. The molecule has 0 saturated heterocycles. The number of nitrogens with one attached hydrogen (secondary N) is 1. The first-order valence-electron chi connectivity index (χ1n) is 5.51. The number of para-hydroxylation sites is 1. The van der Waals surface area contributed by atoms with E-state index < -0.39 is 0 Å². The summed E-state index contributed by atoms with van der Waals surface area (Å²) in [4.78, 5) is 8.07. The van der Waals surface area contributed by atoms with E-state index in [1.54, 1.807) is 20.3 Å². The van der Waals surface area contributed by atoms with E-state index in [0.29, 0.717) is 28.8 Å². The van der Waals surface area contributed by atoms with Gasteiger partial charge in [-0.25, -0.2) is 4.98 Å². The van der Waals surface area contributed by atoms with Gasteiger partial charge in [-0.05, 0) is 12.1 Å². The zero-order valence-corrected chi connectivity index (χ0v) is 10.7. The molecule has 1 heterocycles. The number of benzene rings is 1. The molecule has 0 aliphatic rings. The summed E-state index contributed by atoms with van der Waals surface area (Å²) in [5.41, 5.74) is 12.2. The molecule has 1 aromatic heterocycles. The standard InChI is InChI=1S/C12H15N5O2/c1-18-9-5-3-4-8(10(9)19-2)16-12-15-6-7(13)11(14)17-12/h3-6H,13H2,1-2H3,(H3,14,15,16,17). The maximum absolute atomic E-state index is 5.63. The van der Waals surface area contributed by atoms with Crippen molar-refractivity contribution in [2.75, 3.05) is 31.0 Å². The molecule has 1 aromatic carbocycles. The van der Waals surface area contributed by atoms with Gasteiger partial charge in [-0.3, -0.25) is 0 Å². The molecule has 0 fully saturated rings. The van der Waals surface area contributed by atoms with Crippen LogP contribution in [-0.2, 0) is 0 Å². The number of nitrogens with zero attached hydrogens (tertiary/aromatic N) is 2. The minimum absolute atomic E-state index is 0.222. The van der Waals surface area contributed by atoms with Crippen LogP contribution < -0.4 is 26.3 Å². The molecule has 7 heteroatoms. The lowest BCUT2D eigenvalue weighted by Gasteiger charge is -2.13. The Balaban J connectivity index is 2.35. The molecule has 0 bridgehead atoms. The van der Waals surface area contributed by atoms with Gasteiger partial charge in [-0.1, -0.05) is 6.07 Å². The fraction of sp³-hybridized carbons (Fsp3) is 0.167. The fourth-order valence-electron chi connectivity index (χ4n) is 1.57. The van der Waals surface area contributed by atoms with E-state index in [4.69, 9.17) is 20.9 Å². The van der Waals surface area contributed by atoms with Crippen molar-refractivity contribution in [2.45, 2.75) is 0 Å². The summed E-state index contributed by atoms with van der Waals surface area (Å²) in [6.45, 7) is 0. The first-order chi connectivity index (χ1) is 9.15. The SMILES string of the molecule is COc1cccc(Nc2ncc(N)c(N)n2)c1OC. The molecule has 0 aliphatic carbocycles. The molecule has 0 unspecified atom stereocenters. The minimum Gasteiger partial charge on any atom is -0.493 e. The normalized spacial score (nSPS) is 10.0. The summed E-state index contributed by atoms with van der Waals surface area (Å²) in [5.74, 6) is 1.72. The second kappa shape index (κ2) is 5.30. The third-order valence-corrected chi connectivity index (χ3v) is 2.50. The summed E-state index contributed by atoms with van der Waals surface area (Å²) >= 11 is 0. The lowest BCUT2D eigenvalue weighted by molar-refractivity contribution is 0.356. The van der Waals surface area contributed by atoms with Gasteiger partial charge in [0.1, 0.15) is 0 Å². The molecular formula is C12H15N5O2. The third kappa shape index (κ3) is 2.59. The number of nitrogen functional groups attached to an aromatic ring is 2. The molecule has 0 saturated carbocycles. The van der Waals surface area contributed by atoms with Crippen molar-refractivity contribution >= 4 is 23.1 Å². The molecule has 0 aliphatic heterocycles. The van der Waals surface area contributed by atoms with Crippen LogP contribution in [0.5, 0.6) is 11.5 Å². The van der Waals surface area contributed by atoms with Crippen LogP contribution in [0.1, 0.15) is 0 Å². The number of anilines is 4. The van der Waals surface area contributed by atoms with Gasteiger partial charge in [0.25, 0.3) is 0 Å². The van der Waals surface area contributed by atoms with Crippen molar-refractivity contribution in [3.63, 3.8) is 0 Å². The summed E-state index contributed by atoms with van der Waals surface area (Å²) < 4.78 is 10.5. The Hall–Kier alpha value is -2.70. The van der Waals surface area contributed by atoms with E-state index in [1.165, 1.54) is 6.20 Å². The number of hydrogen-bond acceptors (Lipinski definition) is 7. The van der Waals surface area contributed by atoms with E-state index in [1.807, 2.05) is 12.1 Å². The van der Waals surface area contributed by atoms with Crippen molar-refractivity contribution in [1.29, 1.82) is 0 Å². The molecule has 19 heavy (non-hydrogen) atoms. The smallest absolute Gasteiger partial charge is 0.229 e. The van der Waals surface area contributed by atoms with Gasteiger partial charge >= 0.3 is 0 Å². The summed E-state index contributed by atoms with van der Waals surface area (Å²) in [6.07, 6.45) is 1.44. The molecule has 5 N–H and O–H groups in total. The van der Waals surface area contributed by atoms with Crippen molar-refractivity contribution in [3.8, 4) is 11.5 Å².